The Balaban J connectivity index is 4.20. The summed E-state index contributed by atoms with van der Waals surface area (Å²) in [5.41, 5.74) is 0. The first-order valence-corrected chi connectivity index (χ1v) is 34.9. The topological polar surface area (TPSA) is 78.9 Å². The fraction of sp³-hybridized carbons (Fsp3) is 0.724. The number of carbonyl (C=O) groups is 3. The highest BCUT2D eigenvalue weighted by atomic mass is 16.6. The van der Waals surface area contributed by atoms with E-state index in [1.165, 1.54) is 186 Å². The van der Waals surface area contributed by atoms with Crippen LogP contribution >= 0.6 is 0 Å². The second-order valence-corrected chi connectivity index (χ2v) is 23.1. The molecule has 0 saturated heterocycles. The molecule has 0 aromatic heterocycles. The van der Waals surface area contributed by atoms with Crippen molar-refractivity contribution in [3.8, 4) is 0 Å². The van der Waals surface area contributed by atoms with Gasteiger partial charge in [-0.15, -0.1) is 0 Å². The lowest BCUT2D eigenvalue weighted by molar-refractivity contribution is -0.167. The SMILES string of the molecule is CC/C=C\C/C=C\C/C=C\C/C=C\C/C=C\C/C=C\C/C=C\C/C=C\CCCCCCCCCCCCC(=O)OCC(COC(=O)CCCCCCCCCCCCC)OC(=O)CCCCCCCCC/C=C\CCCCCCCCC. The maximum Gasteiger partial charge on any atom is 0.306 e. The zero-order valence-electron chi connectivity index (χ0n) is 54.0. The van der Waals surface area contributed by atoms with Crippen molar-refractivity contribution in [2.45, 2.75) is 341 Å². The molecule has 0 amide bonds. The van der Waals surface area contributed by atoms with Gasteiger partial charge in [0.05, 0.1) is 0 Å². The Hall–Kier alpha value is -3.93. The Morgan fingerprint density at radius 3 is 0.756 bits per heavy atom. The Morgan fingerprint density at radius 2 is 0.476 bits per heavy atom. The number of ether oxygens (including phenoxy) is 3. The number of esters is 3. The molecule has 0 heterocycles. The molecule has 0 bridgehead atoms. The first-order chi connectivity index (χ1) is 40.5. The number of rotatable bonds is 63. The minimum Gasteiger partial charge on any atom is -0.462 e. The molecule has 1 unspecified atom stereocenters. The van der Waals surface area contributed by atoms with Crippen LogP contribution in [0, 0.1) is 0 Å². The molecule has 0 aromatic carbocycles. The van der Waals surface area contributed by atoms with E-state index in [-0.39, 0.29) is 31.1 Å². The van der Waals surface area contributed by atoms with Gasteiger partial charge in [0.25, 0.3) is 0 Å². The van der Waals surface area contributed by atoms with E-state index in [4.69, 9.17) is 14.2 Å². The number of hydrogen-bond acceptors (Lipinski definition) is 6. The third-order valence-electron chi connectivity index (χ3n) is 15.0. The zero-order chi connectivity index (χ0) is 59.2. The normalized spacial score (nSPS) is 12.8. The van der Waals surface area contributed by atoms with Gasteiger partial charge < -0.3 is 14.2 Å². The average molecular weight is 1140 g/mol. The van der Waals surface area contributed by atoms with Gasteiger partial charge in [-0.25, -0.2) is 0 Å². The molecule has 0 aliphatic carbocycles. The number of unbranched alkanes of at least 4 members (excludes halogenated alkanes) is 34. The predicted octanol–water partition coefficient (Wildman–Crippen LogP) is 24.2. The lowest BCUT2D eigenvalue weighted by Gasteiger charge is -2.18. The highest BCUT2D eigenvalue weighted by Gasteiger charge is 2.19. The predicted molar refractivity (Wildman–Crippen MR) is 357 cm³/mol. The summed E-state index contributed by atoms with van der Waals surface area (Å²) in [4.78, 5) is 38.3. The lowest BCUT2D eigenvalue weighted by Crippen LogP contribution is -2.30. The van der Waals surface area contributed by atoms with Crippen molar-refractivity contribution in [1.29, 1.82) is 0 Å². The summed E-state index contributed by atoms with van der Waals surface area (Å²) in [5.74, 6) is -0.874. The van der Waals surface area contributed by atoms with Gasteiger partial charge in [0.2, 0.25) is 0 Å². The van der Waals surface area contributed by atoms with E-state index >= 15 is 0 Å². The first-order valence-electron chi connectivity index (χ1n) is 34.9. The highest BCUT2D eigenvalue weighted by molar-refractivity contribution is 5.71. The molecular formula is C76H130O6. The van der Waals surface area contributed by atoms with Crippen LogP contribution in [0.15, 0.2) is 109 Å². The molecule has 6 heteroatoms. The van der Waals surface area contributed by atoms with Gasteiger partial charge in [0.15, 0.2) is 6.10 Å². The molecule has 82 heavy (non-hydrogen) atoms. The Morgan fingerprint density at radius 1 is 0.256 bits per heavy atom. The lowest BCUT2D eigenvalue weighted by atomic mass is 10.1. The smallest absolute Gasteiger partial charge is 0.306 e. The van der Waals surface area contributed by atoms with E-state index in [0.29, 0.717) is 19.3 Å². The minimum absolute atomic E-state index is 0.0770. The standard InChI is InChI=1S/C76H130O6/c1-4-7-10-13-16-19-22-24-26-28-30-31-32-33-34-35-36-37-38-39-40-41-42-43-44-45-46-48-49-51-54-57-60-63-66-69-75(78)81-72-73(71-80-74(77)68-65-62-59-56-53-21-18-15-12-9-6-3)82-76(79)70-67-64-61-58-55-52-50-47-29-27-25-23-20-17-14-11-8-5-2/h7,10,16,19,24,26-27,29-31,33-34,36-37,39-40,42-43,73H,4-6,8-9,11-15,17-18,20-23,25,28,32,35,38,41,44-72H2,1-3H3/b10-7-,19-16-,26-24-,29-27-,31-30-,34-33-,37-36-,40-39-,43-42-. The van der Waals surface area contributed by atoms with Gasteiger partial charge >= 0.3 is 17.9 Å². The maximum absolute atomic E-state index is 12.9. The number of carbonyl (C=O) groups excluding carboxylic acids is 3. The van der Waals surface area contributed by atoms with Crippen molar-refractivity contribution in [2.75, 3.05) is 13.2 Å². The number of hydrogen-bond donors (Lipinski definition) is 0. The van der Waals surface area contributed by atoms with E-state index in [1.807, 2.05) is 0 Å². The van der Waals surface area contributed by atoms with Crippen LogP contribution in [0.4, 0.5) is 0 Å². The maximum atomic E-state index is 12.9. The summed E-state index contributed by atoms with van der Waals surface area (Å²) >= 11 is 0. The van der Waals surface area contributed by atoms with Crippen LogP contribution in [0.2, 0.25) is 0 Å². The van der Waals surface area contributed by atoms with Crippen molar-refractivity contribution in [1.82, 2.24) is 0 Å². The third kappa shape index (κ3) is 66.9. The van der Waals surface area contributed by atoms with Crippen LogP contribution < -0.4 is 0 Å². The van der Waals surface area contributed by atoms with Crippen LogP contribution in [-0.2, 0) is 28.6 Å². The molecule has 0 spiro atoms. The quantitative estimate of drug-likeness (QED) is 0.0261. The minimum atomic E-state index is -0.781. The van der Waals surface area contributed by atoms with Crippen molar-refractivity contribution in [2.24, 2.45) is 0 Å². The second-order valence-electron chi connectivity index (χ2n) is 23.1. The first kappa shape index (κ1) is 78.1. The third-order valence-corrected chi connectivity index (χ3v) is 15.0. The van der Waals surface area contributed by atoms with Crippen LogP contribution in [0.25, 0.3) is 0 Å². The number of allylic oxidation sites excluding steroid dienone is 18. The monoisotopic (exact) mass is 1140 g/mol. The fourth-order valence-corrected chi connectivity index (χ4v) is 9.81. The van der Waals surface area contributed by atoms with Crippen LogP contribution in [-0.4, -0.2) is 37.2 Å². The van der Waals surface area contributed by atoms with Crippen LogP contribution in [0.5, 0.6) is 0 Å². The summed E-state index contributed by atoms with van der Waals surface area (Å²) in [6, 6.07) is 0. The summed E-state index contributed by atoms with van der Waals surface area (Å²) in [6.07, 6.45) is 95.4. The molecular weight excluding hydrogens is 1010 g/mol. The summed E-state index contributed by atoms with van der Waals surface area (Å²) in [5, 5.41) is 0. The molecule has 6 nitrogen and oxygen atoms in total. The van der Waals surface area contributed by atoms with Crippen molar-refractivity contribution >= 4 is 17.9 Å². The molecule has 0 N–H and O–H groups in total. The molecule has 0 aliphatic heterocycles. The van der Waals surface area contributed by atoms with Crippen molar-refractivity contribution < 1.29 is 28.6 Å². The van der Waals surface area contributed by atoms with E-state index in [2.05, 4.69) is 130 Å². The molecule has 0 saturated carbocycles. The van der Waals surface area contributed by atoms with Gasteiger partial charge in [-0.1, -0.05) is 316 Å². The largest absolute Gasteiger partial charge is 0.462 e. The second kappa shape index (κ2) is 69.6. The Kier molecular flexibility index (Phi) is 66.2. The molecule has 470 valence electrons. The van der Waals surface area contributed by atoms with Crippen molar-refractivity contribution in [3.05, 3.63) is 109 Å². The highest BCUT2D eigenvalue weighted by Crippen LogP contribution is 2.17. The summed E-state index contributed by atoms with van der Waals surface area (Å²) < 4.78 is 16.9. The van der Waals surface area contributed by atoms with Gasteiger partial charge in [0, 0.05) is 19.3 Å². The van der Waals surface area contributed by atoms with E-state index < -0.39 is 6.10 Å². The molecule has 0 radical (unpaired) electrons. The van der Waals surface area contributed by atoms with Crippen molar-refractivity contribution in [3.63, 3.8) is 0 Å². The van der Waals surface area contributed by atoms with Crippen LogP contribution in [0.3, 0.4) is 0 Å². The fourth-order valence-electron chi connectivity index (χ4n) is 9.81. The van der Waals surface area contributed by atoms with Gasteiger partial charge in [0.1, 0.15) is 13.2 Å². The Bertz CT molecular complexity index is 1640. The average Bonchev–Trinajstić information content (AvgIpc) is 3.47. The molecule has 0 rings (SSSR count). The van der Waals surface area contributed by atoms with E-state index in [9.17, 15) is 14.4 Å². The van der Waals surface area contributed by atoms with Crippen LogP contribution in [0.1, 0.15) is 335 Å². The molecule has 1 atom stereocenters. The summed E-state index contributed by atoms with van der Waals surface area (Å²) in [6.45, 7) is 6.54. The molecule has 0 fully saturated rings. The van der Waals surface area contributed by atoms with E-state index in [1.54, 1.807) is 0 Å². The van der Waals surface area contributed by atoms with E-state index in [0.717, 1.165) is 109 Å². The Labute approximate surface area is 508 Å². The van der Waals surface area contributed by atoms with Gasteiger partial charge in [-0.05, 0) is 109 Å². The summed E-state index contributed by atoms with van der Waals surface area (Å²) in [7, 11) is 0. The van der Waals surface area contributed by atoms with Gasteiger partial charge in [-0.3, -0.25) is 14.4 Å². The molecule has 0 aromatic rings. The van der Waals surface area contributed by atoms with Gasteiger partial charge in [-0.2, -0.15) is 0 Å². The zero-order valence-corrected chi connectivity index (χ0v) is 54.0. The molecule has 0 aliphatic rings.